The number of nitrogens with zero attached hydrogens (tertiary/aromatic N) is 3. The first kappa shape index (κ1) is 9.40. The zero-order valence-corrected chi connectivity index (χ0v) is 8.48. The number of aromatic nitrogens is 2. The lowest BCUT2D eigenvalue weighted by atomic mass is 10.1. The fourth-order valence-electron chi connectivity index (χ4n) is 1.71. The van der Waals surface area contributed by atoms with Crippen LogP contribution < -0.4 is 10.6 Å². The Labute approximate surface area is 84.2 Å². The molecule has 2 N–H and O–H groups in total. The van der Waals surface area contributed by atoms with E-state index in [9.17, 15) is 0 Å². The van der Waals surface area contributed by atoms with E-state index in [1.54, 1.807) is 0 Å². The van der Waals surface area contributed by atoms with E-state index >= 15 is 0 Å². The smallest absolute Gasteiger partial charge is 0.125 e. The molecular weight excluding hydrogens is 176 g/mol. The molecular formula is C10H16N4. The van der Waals surface area contributed by atoms with Crippen molar-refractivity contribution in [1.29, 1.82) is 0 Å². The minimum Gasteiger partial charge on any atom is -0.369 e. The quantitative estimate of drug-likeness (QED) is 0.712. The maximum atomic E-state index is 5.84. The third kappa shape index (κ3) is 2.01. The SMILES string of the molecule is Cc1ncc(N2CCC(N)CC2)cn1. The van der Waals surface area contributed by atoms with E-state index in [0.717, 1.165) is 37.4 Å². The molecule has 2 rings (SSSR count). The molecule has 1 aliphatic rings. The van der Waals surface area contributed by atoms with Crippen molar-refractivity contribution in [3.63, 3.8) is 0 Å². The van der Waals surface area contributed by atoms with E-state index in [0.29, 0.717) is 6.04 Å². The van der Waals surface area contributed by atoms with Gasteiger partial charge in [-0.05, 0) is 19.8 Å². The van der Waals surface area contributed by atoms with Gasteiger partial charge in [0, 0.05) is 19.1 Å². The van der Waals surface area contributed by atoms with Gasteiger partial charge in [-0.2, -0.15) is 0 Å². The van der Waals surface area contributed by atoms with Gasteiger partial charge in [0.1, 0.15) is 5.82 Å². The number of aryl methyl sites for hydroxylation is 1. The molecule has 1 saturated heterocycles. The Morgan fingerprint density at radius 1 is 1.29 bits per heavy atom. The van der Waals surface area contributed by atoms with Gasteiger partial charge in [0.05, 0.1) is 18.1 Å². The van der Waals surface area contributed by atoms with E-state index in [-0.39, 0.29) is 0 Å². The molecule has 1 aromatic heterocycles. The number of hydrogen-bond donors (Lipinski definition) is 1. The molecule has 4 nitrogen and oxygen atoms in total. The molecule has 0 saturated carbocycles. The number of anilines is 1. The first-order valence-electron chi connectivity index (χ1n) is 5.05. The Hall–Kier alpha value is -1.16. The standard InChI is InChI=1S/C10H16N4/c1-8-12-6-10(7-13-8)14-4-2-9(11)3-5-14/h6-7,9H,2-5,11H2,1H3. The summed E-state index contributed by atoms with van der Waals surface area (Å²) in [6.07, 6.45) is 5.90. The maximum absolute atomic E-state index is 5.84. The van der Waals surface area contributed by atoms with Crippen molar-refractivity contribution in [3.8, 4) is 0 Å². The highest BCUT2D eigenvalue weighted by Gasteiger charge is 2.16. The third-order valence-corrected chi connectivity index (χ3v) is 2.67. The summed E-state index contributed by atoms with van der Waals surface area (Å²) in [5.41, 5.74) is 6.95. The summed E-state index contributed by atoms with van der Waals surface area (Å²) < 4.78 is 0. The molecule has 4 heteroatoms. The summed E-state index contributed by atoms with van der Waals surface area (Å²) >= 11 is 0. The normalized spacial score (nSPS) is 18.6. The fraction of sp³-hybridized carbons (Fsp3) is 0.600. The number of hydrogen-bond acceptors (Lipinski definition) is 4. The van der Waals surface area contributed by atoms with Crippen molar-refractivity contribution in [1.82, 2.24) is 9.97 Å². The molecule has 0 aliphatic carbocycles. The Kier molecular flexibility index (Phi) is 2.63. The molecule has 1 aromatic rings. The van der Waals surface area contributed by atoms with Gasteiger partial charge >= 0.3 is 0 Å². The van der Waals surface area contributed by atoms with Gasteiger partial charge in [-0.3, -0.25) is 0 Å². The Morgan fingerprint density at radius 2 is 1.86 bits per heavy atom. The number of rotatable bonds is 1. The lowest BCUT2D eigenvalue weighted by molar-refractivity contribution is 0.500. The van der Waals surface area contributed by atoms with Crippen molar-refractivity contribution in [3.05, 3.63) is 18.2 Å². The summed E-state index contributed by atoms with van der Waals surface area (Å²) in [5, 5.41) is 0. The molecule has 76 valence electrons. The Balaban J connectivity index is 2.05. The highest BCUT2D eigenvalue weighted by Crippen LogP contribution is 2.17. The van der Waals surface area contributed by atoms with Crippen molar-refractivity contribution < 1.29 is 0 Å². The second kappa shape index (κ2) is 3.92. The first-order valence-corrected chi connectivity index (χ1v) is 5.05. The van der Waals surface area contributed by atoms with Gasteiger partial charge in [0.15, 0.2) is 0 Å². The topological polar surface area (TPSA) is 55.0 Å². The summed E-state index contributed by atoms with van der Waals surface area (Å²) in [6, 6.07) is 0.373. The van der Waals surface area contributed by atoms with E-state index in [1.165, 1.54) is 0 Å². The monoisotopic (exact) mass is 192 g/mol. The van der Waals surface area contributed by atoms with Gasteiger partial charge in [0.25, 0.3) is 0 Å². The van der Waals surface area contributed by atoms with Crippen molar-refractivity contribution in [2.24, 2.45) is 5.73 Å². The molecule has 0 amide bonds. The van der Waals surface area contributed by atoms with Crippen molar-refractivity contribution in [2.45, 2.75) is 25.8 Å². The number of nitrogens with two attached hydrogens (primary N) is 1. The highest BCUT2D eigenvalue weighted by atomic mass is 15.2. The van der Waals surface area contributed by atoms with Crippen LogP contribution in [0.1, 0.15) is 18.7 Å². The molecule has 0 unspecified atom stereocenters. The van der Waals surface area contributed by atoms with E-state index in [2.05, 4.69) is 14.9 Å². The van der Waals surface area contributed by atoms with Gasteiger partial charge < -0.3 is 10.6 Å². The zero-order chi connectivity index (χ0) is 9.97. The lowest BCUT2D eigenvalue weighted by Crippen LogP contribution is -2.39. The Bertz CT molecular complexity index is 287. The third-order valence-electron chi connectivity index (χ3n) is 2.67. The van der Waals surface area contributed by atoms with Crippen LogP contribution in [0.4, 0.5) is 5.69 Å². The van der Waals surface area contributed by atoms with Crippen LogP contribution >= 0.6 is 0 Å². The summed E-state index contributed by atoms with van der Waals surface area (Å²) in [7, 11) is 0. The molecule has 14 heavy (non-hydrogen) atoms. The van der Waals surface area contributed by atoms with Crippen molar-refractivity contribution >= 4 is 5.69 Å². The molecule has 0 atom stereocenters. The number of piperidine rings is 1. The summed E-state index contributed by atoms with van der Waals surface area (Å²) in [4.78, 5) is 10.7. The van der Waals surface area contributed by atoms with E-state index in [1.807, 2.05) is 19.3 Å². The van der Waals surface area contributed by atoms with Crippen LogP contribution in [0, 0.1) is 6.92 Å². The van der Waals surface area contributed by atoms with Gasteiger partial charge in [-0.25, -0.2) is 9.97 Å². The van der Waals surface area contributed by atoms with Crippen LogP contribution in [0.2, 0.25) is 0 Å². The summed E-state index contributed by atoms with van der Waals surface area (Å²) in [5.74, 6) is 0.822. The largest absolute Gasteiger partial charge is 0.369 e. The average molecular weight is 192 g/mol. The summed E-state index contributed by atoms with van der Waals surface area (Å²) in [6.45, 7) is 3.94. The van der Waals surface area contributed by atoms with Gasteiger partial charge in [0.2, 0.25) is 0 Å². The van der Waals surface area contributed by atoms with E-state index < -0.39 is 0 Å². The fourth-order valence-corrected chi connectivity index (χ4v) is 1.71. The minimum atomic E-state index is 0.373. The highest BCUT2D eigenvalue weighted by molar-refractivity contribution is 5.42. The molecule has 1 aliphatic heterocycles. The van der Waals surface area contributed by atoms with Crippen LogP contribution in [0.5, 0.6) is 0 Å². The molecule has 0 aromatic carbocycles. The van der Waals surface area contributed by atoms with Crippen LogP contribution in [0.25, 0.3) is 0 Å². The molecule has 0 radical (unpaired) electrons. The molecule has 2 heterocycles. The zero-order valence-electron chi connectivity index (χ0n) is 8.48. The Morgan fingerprint density at radius 3 is 2.43 bits per heavy atom. The first-order chi connectivity index (χ1) is 6.75. The van der Waals surface area contributed by atoms with Crippen LogP contribution in [0.3, 0.4) is 0 Å². The van der Waals surface area contributed by atoms with Crippen LogP contribution in [-0.2, 0) is 0 Å². The van der Waals surface area contributed by atoms with Crippen LogP contribution in [-0.4, -0.2) is 29.1 Å². The van der Waals surface area contributed by atoms with Gasteiger partial charge in [-0.1, -0.05) is 0 Å². The van der Waals surface area contributed by atoms with E-state index in [4.69, 9.17) is 5.73 Å². The predicted octanol–water partition coefficient (Wildman–Crippen LogP) is 0.713. The minimum absolute atomic E-state index is 0.373. The van der Waals surface area contributed by atoms with Crippen molar-refractivity contribution in [2.75, 3.05) is 18.0 Å². The predicted molar refractivity (Wildman–Crippen MR) is 56.2 cm³/mol. The molecule has 0 spiro atoms. The average Bonchev–Trinajstić information content (AvgIpc) is 2.21. The second-order valence-electron chi connectivity index (χ2n) is 3.81. The van der Waals surface area contributed by atoms with Crippen LogP contribution in [0.15, 0.2) is 12.4 Å². The van der Waals surface area contributed by atoms with Gasteiger partial charge in [-0.15, -0.1) is 0 Å². The molecule has 1 fully saturated rings. The lowest BCUT2D eigenvalue weighted by Gasteiger charge is -2.31. The molecule has 0 bridgehead atoms. The maximum Gasteiger partial charge on any atom is 0.125 e. The second-order valence-corrected chi connectivity index (χ2v) is 3.81.